The third-order valence-corrected chi connectivity index (χ3v) is 4.06. The molecule has 3 N–H and O–H groups in total. The van der Waals surface area contributed by atoms with Gasteiger partial charge in [-0.1, -0.05) is 6.42 Å². The van der Waals surface area contributed by atoms with Gasteiger partial charge in [-0.3, -0.25) is 0 Å². The van der Waals surface area contributed by atoms with E-state index in [1.54, 1.807) is 33.5 Å². The van der Waals surface area contributed by atoms with Crippen LogP contribution in [0.5, 0.6) is 17.2 Å². The van der Waals surface area contributed by atoms with E-state index in [9.17, 15) is 5.11 Å². The van der Waals surface area contributed by atoms with E-state index in [-0.39, 0.29) is 12.0 Å². The maximum Gasteiger partial charge on any atom is 0.203 e. The molecule has 5 heteroatoms. The third-order valence-electron chi connectivity index (χ3n) is 4.06. The van der Waals surface area contributed by atoms with E-state index >= 15 is 0 Å². The summed E-state index contributed by atoms with van der Waals surface area (Å²) < 4.78 is 15.9. The van der Waals surface area contributed by atoms with E-state index < -0.39 is 6.10 Å². The topological polar surface area (TPSA) is 73.9 Å². The molecule has 1 aliphatic carbocycles. The smallest absolute Gasteiger partial charge is 0.203 e. The van der Waals surface area contributed by atoms with Crippen molar-refractivity contribution in [1.82, 2.24) is 0 Å². The molecule has 3 atom stereocenters. The summed E-state index contributed by atoms with van der Waals surface area (Å²) in [6, 6.07) is 3.62. The SMILES string of the molecule is COc1cc(C(O)C2CCCC2N)cc(OC)c1OC. The predicted molar refractivity (Wildman–Crippen MR) is 76.4 cm³/mol. The van der Waals surface area contributed by atoms with Gasteiger partial charge in [-0.25, -0.2) is 0 Å². The number of ether oxygens (including phenoxy) is 3. The second-order valence-electron chi connectivity index (χ2n) is 5.16. The maximum absolute atomic E-state index is 10.6. The highest BCUT2D eigenvalue weighted by atomic mass is 16.5. The van der Waals surface area contributed by atoms with Crippen molar-refractivity contribution in [3.8, 4) is 17.2 Å². The molecular weight excluding hydrogens is 258 g/mol. The van der Waals surface area contributed by atoms with Gasteiger partial charge in [-0.15, -0.1) is 0 Å². The van der Waals surface area contributed by atoms with Gasteiger partial charge in [-0.2, -0.15) is 0 Å². The van der Waals surface area contributed by atoms with Gasteiger partial charge in [0.15, 0.2) is 11.5 Å². The molecule has 0 radical (unpaired) electrons. The summed E-state index contributed by atoms with van der Waals surface area (Å²) in [6.07, 6.45) is 2.36. The van der Waals surface area contributed by atoms with E-state index in [0.29, 0.717) is 17.2 Å². The number of nitrogens with two attached hydrogens (primary N) is 1. The van der Waals surface area contributed by atoms with Crippen LogP contribution < -0.4 is 19.9 Å². The van der Waals surface area contributed by atoms with Crippen molar-refractivity contribution in [3.05, 3.63) is 17.7 Å². The number of benzene rings is 1. The molecule has 0 bridgehead atoms. The number of hydrogen-bond acceptors (Lipinski definition) is 5. The Hall–Kier alpha value is -1.46. The molecule has 1 aliphatic rings. The van der Waals surface area contributed by atoms with Crippen LogP contribution in [-0.2, 0) is 0 Å². The van der Waals surface area contributed by atoms with Gasteiger partial charge in [-0.05, 0) is 30.5 Å². The summed E-state index contributed by atoms with van der Waals surface area (Å²) in [6.45, 7) is 0. The lowest BCUT2D eigenvalue weighted by Gasteiger charge is -2.24. The van der Waals surface area contributed by atoms with Crippen LogP contribution in [0.15, 0.2) is 12.1 Å². The fourth-order valence-corrected chi connectivity index (χ4v) is 2.93. The maximum atomic E-state index is 10.6. The van der Waals surface area contributed by atoms with Crippen LogP contribution in [0.1, 0.15) is 30.9 Å². The van der Waals surface area contributed by atoms with E-state index in [1.807, 2.05) is 0 Å². The van der Waals surface area contributed by atoms with Crippen LogP contribution in [0.25, 0.3) is 0 Å². The van der Waals surface area contributed by atoms with Crippen molar-refractivity contribution in [2.75, 3.05) is 21.3 Å². The zero-order valence-electron chi connectivity index (χ0n) is 12.3. The molecule has 1 aromatic carbocycles. The Morgan fingerprint density at radius 2 is 1.70 bits per heavy atom. The first-order valence-electron chi connectivity index (χ1n) is 6.86. The highest BCUT2D eigenvalue weighted by Crippen LogP contribution is 2.43. The Balaban J connectivity index is 2.36. The fourth-order valence-electron chi connectivity index (χ4n) is 2.93. The molecule has 0 spiro atoms. The summed E-state index contributed by atoms with van der Waals surface area (Å²) >= 11 is 0. The molecule has 0 saturated heterocycles. The fraction of sp³-hybridized carbons (Fsp3) is 0.600. The quantitative estimate of drug-likeness (QED) is 0.862. The molecule has 112 valence electrons. The first-order chi connectivity index (χ1) is 9.62. The van der Waals surface area contributed by atoms with Crippen LogP contribution in [0.2, 0.25) is 0 Å². The first-order valence-corrected chi connectivity index (χ1v) is 6.86. The van der Waals surface area contributed by atoms with Crippen molar-refractivity contribution in [1.29, 1.82) is 0 Å². The molecule has 20 heavy (non-hydrogen) atoms. The summed E-state index contributed by atoms with van der Waals surface area (Å²) in [4.78, 5) is 0. The molecule has 0 heterocycles. The van der Waals surface area contributed by atoms with Crippen molar-refractivity contribution in [2.24, 2.45) is 11.7 Å². The molecule has 0 aliphatic heterocycles. The second kappa shape index (κ2) is 6.33. The van der Waals surface area contributed by atoms with Gasteiger partial charge in [0.05, 0.1) is 27.4 Å². The van der Waals surface area contributed by atoms with Crippen LogP contribution in [-0.4, -0.2) is 32.5 Å². The van der Waals surface area contributed by atoms with Crippen LogP contribution in [0.4, 0.5) is 0 Å². The summed E-state index contributed by atoms with van der Waals surface area (Å²) in [5.74, 6) is 1.71. The Bertz CT molecular complexity index is 438. The van der Waals surface area contributed by atoms with Crippen molar-refractivity contribution >= 4 is 0 Å². The molecule has 0 amide bonds. The molecule has 1 aromatic rings. The molecule has 0 aromatic heterocycles. The Kier molecular flexibility index (Phi) is 4.73. The monoisotopic (exact) mass is 281 g/mol. The Labute approximate surface area is 119 Å². The number of aliphatic hydroxyl groups excluding tert-OH is 1. The van der Waals surface area contributed by atoms with Crippen molar-refractivity contribution in [2.45, 2.75) is 31.4 Å². The number of hydrogen-bond donors (Lipinski definition) is 2. The largest absolute Gasteiger partial charge is 0.493 e. The van der Waals surface area contributed by atoms with Crippen LogP contribution >= 0.6 is 0 Å². The van der Waals surface area contributed by atoms with E-state index in [2.05, 4.69) is 0 Å². The summed E-state index contributed by atoms with van der Waals surface area (Å²) in [5, 5.41) is 10.6. The minimum atomic E-state index is -0.610. The minimum Gasteiger partial charge on any atom is -0.493 e. The van der Waals surface area contributed by atoms with E-state index in [0.717, 1.165) is 24.8 Å². The second-order valence-corrected chi connectivity index (χ2v) is 5.16. The first kappa shape index (κ1) is 14.9. The van der Waals surface area contributed by atoms with Gasteiger partial charge in [0, 0.05) is 12.0 Å². The summed E-state index contributed by atoms with van der Waals surface area (Å²) in [7, 11) is 4.69. The lowest BCUT2D eigenvalue weighted by molar-refractivity contribution is 0.102. The van der Waals surface area contributed by atoms with Crippen molar-refractivity contribution in [3.63, 3.8) is 0 Å². The lowest BCUT2D eigenvalue weighted by atomic mass is 9.91. The van der Waals surface area contributed by atoms with Gasteiger partial charge >= 0.3 is 0 Å². The molecule has 1 fully saturated rings. The van der Waals surface area contributed by atoms with Gasteiger partial charge < -0.3 is 25.1 Å². The summed E-state index contributed by atoms with van der Waals surface area (Å²) in [5.41, 5.74) is 6.82. The van der Waals surface area contributed by atoms with E-state index in [4.69, 9.17) is 19.9 Å². The molecular formula is C15H23NO4. The third kappa shape index (κ3) is 2.69. The van der Waals surface area contributed by atoms with Crippen LogP contribution in [0, 0.1) is 5.92 Å². The highest BCUT2D eigenvalue weighted by Gasteiger charge is 2.32. The number of methoxy groups -OCH3 is 3. The van der Waals surface area contributed by atoms with E-state index in [1.165, 1.54) is 0 Å². The van der Waals surface area contributed by atoms with Gasteiger partial charge in [0.2, 0.25) is 5.75 Å². The Morgan fingerprint density at radius 1 is 1.10 bits per heavy atom. The molecule has 2 rings (SSSR count). The zero-order valence-corrected chi connectivity index (χ0v) is 12.3. The number of rotatable bonds is 5. The highest BCUT2D eigenvalue weighted by molar-refractivity contribution is 5.54. The Morgan fingerprint density at radius 3 is 2.10 bits per heavy atom. The molecule has 1 saturated carbocycles. The number of aliphatic hydroxyl groups is 1. The van der Waals surface area contributed by atoms with Crippen LogP contribution in [0.3, 0.4) is 0 Å². The minimum absolute atomic E-state index is 0.0455. The predicted octanol–water partition coefficient (Wildman–Crippen LogP) is 1.87. The zero-order chi connectivity index (χ0) is 14.7. The van der Waals surface area contributed by atoms with Crippen molar-refractivity contribution < 1.29 is 19.3 Å². The van der Waals surface area contributed by atoms with Gasteiger partial charge in [0.25, 0.3) is 0 Å². The normalized spacial score (nSPS) is 23.4. The van der Waals surface area contributed by atoms with Gasteiger partial charge in [0.1, 0.15) is 0 Å². The average Bonchev–Trinajstić information content (AvgIpc) is 2.90. The molecule has 5 nitrogen and oxygen atoms in total. The molecule has 3 unspecified atom stereocenters. The standard InChI is InChI=1S/C15H23NO4/c1-18-12-7-9(8-13(19-2)15(12)20-3)14(17)10-5-4-6-11(10)16/h7-8,10-11,14,17H,4-6,16H2,1-3H3. The lowest BCUT2D eigenvalue weighted by Crippen LogP contribution is -2.29. The average molecular weight is 281 g/mol.